The first kappa shape index (κ1) is 32.8. The second-order valence-corrected chi connectivity index (χ2v) is 14.4. The maximum absolute atomic E-state index is 6.78. The van der Waals surface area contributed by atoms with Gasteiger partial charge in [-0.3, -0.25) is 0 Å². The third-order valence-electron chi connectivity index (χ3n) is 11.1. The molecule has 11 rings (SSSR count). The molecule has 3 nitrogen and oxygen atoms in total. The van der Waals surface area contributed by atoms with E-state index in [1.54, 1.807) is 0 Å². The Morgan fingerprint density at radius 3 is 1.58 bits per heavy atom. The lowest BCUT2D eigenvalue weighted by molar-refractivity contribution is 0.668. The molecule has 0 aliphatic heterocycles. The molecule has 0 atom stereocenters. The molecule has 0 saturated heterocycles. The third kappa shape index (κ3) is 5.51. The summed E-state index contributed by atoms with van der Waals surface area (Å²) < 4.78 is 13.1. The predicted molar refractivity (Wildman–Crippen MR) is 237 cm³/mol. The van der Waals surface area contributed by atoms with Crippen molar-refractivity contribution in [3.05, 3.63) is 212 Å². The van der Waals surface area contributed by atoms with Crippen LogP contribution in [0.25, 0.3) is 88.4 Å². The van der Waals surface area contributed by atoms with Crippen molar-refractivity contribution in [2.45, 2.75) is 0 Å². The average Bonchev–Trinajstić information content (AvgIpc) is 3.87. The van der Waals surface area contributed by atoms with Crippen LogP contribution in [0.4, 0.5) is 17.1 Å². The van der Waals surface area contributed by atoms with Gasteiger partial charge in [0.1, 0.15) is 16.7 Å². The number of benzene rings is 9. The summed E-state index contributed by atoms with van der Waals surface area (Å²) in [5, 5.41) is 4.41. The van der Waals surface area contributed by atoms with Crippen LogP contribution in [0.5, 0.6) is 0 Å². The Morgan fingerprint density at radius 2 is 0.807 bits per heavy atom. The molecule has 2 aromatic heterocycles. The van der Waals surface area contributed by atoms with Crippen LogP contribution in [0.2, 0.25) is 0 Å². The van der Waals surface area contributed by atoms with E-state index < -0.39 is 0 Å². The summed E-state index contributed by atoms with van der Waals surface area (Å²) in [7, 11) is 0. The van der Waals surface area contributed by atoms with Gasteiger partial charge in [0.25, 0.3) is 0 Å². The minimum atomic E-state index is 0.838. The van der Waals surface area contributed by atoms with Gasteiger partial charge in [-0.2, -0.15) is 0 Å². The minimum absolute atomic E-state index is 0.838. The predicted octanol–water partition coefficient (Wildman–Crippen LogP) is 15.6. The molecule has 0 radical (unpaired) electrons. The van der Waals surface area contributed by atoms with E-state index in [1.165, 1.54) is 5.56 Å². The van der Waals surface area contributed by atoms with Gasteiger partial charge in [-0.05, 0) is 81.4 Å². The van der Waals surface area contributed by atoms with Crippen LogP contribution in [0, 0.1) is 0 Å². The van der Waals surface area contributed by atoms with Crippen molar-refractivity contribution in [1.29, 1.82) is 0 Å². The van der Waals surface area contributed by atoms with Crippen molar-refractivity contribution in [3.8, 4) is 44.5 Å². The van der Waals surface area contributed by atoms with E-state index >= 15 is 0 Å². The molecular formula is C54H35NO2. The summed E-state index contributed by atoms with van der Waals surface area (Å²) in [5.41, 5.74) is 15.7. The fourth-order valence-corrected chi connectivity index (χ4v) is 8.56. The number of hydrogen-bond donors (Lipinski definition) is 0. The van der Waals surface area contributed by atoms with Gasteiger partial charge in [-0.15, -0.1) is 0 Å². The smallest absolute Gasteiger partial charge is 0.159 e. The standard InChI is InChI=1S/C54H35NO2/c1-3-16-36(17-4-1)40-20-7-8-22-44(40)52-41(37-18-5-2-6-19-37)24-13-27-47(52)55(48-28-14-26-45-43-21-9-11-29-49(43)57-54(45)48)39-34-32-38(33-35-39)42-25-15-31-51-53(42)46-23-10-12-30-50(46)56-51/h1-35H. The van der Waals surface area contributed by atoms with E-state index in [9.17, 15) is 0 Å². The molecule has 57 heavy (non-hydrogen) atoms. The fraction of sp³-hybridized carbons (Fsp3) is 0. The zero-order valence-corrected chi connectivity index (χ0v) is 31.0. The van der Waals surface area contributed by atoms with Crippen molar-refractivity contribution in [2.24, 2.45) is 0 Å². The van der Waals surface area contributed by atoms with Crippen molar-refractivity contribution in [1.82, 2.24) is 0 Å². The monoisotopic (exact) mass is 729 g/mol. The Bertz CT molecular complexity index is 3230. The molecule has 268 valence electrons. The van der Waals surface area contributed by atoms with E-state index in [4.69, 9.17) is 8.83 Å². The molecule has 0 bridgehead atoms. The average molecular weight is 730 g/mol. The highest BCUT2D eigenvalue weighted by Gasteiger charge is 2.25. The first-order valence-corrected chi connectivity index (χ1v) is 19.3. The normalized spacial score (nSPS) is 11.5. The van der Waals surface area contributed by atoms with Crippen molar-refractivity contribution < 1.29 is 8.83 Å². The topological polar surface area (TPSA) is 29.5 Å². The molecule has 0 unspecified atom stereocenters. The zero-order chi connectivity index (χ0) is 37.7. The SMILES string of the molecule is c1ccc(-c2ccccc2-c2c(-c3ccccc3)cccc2N(c2ccc(-c3cccc4oc5ccccc5c34)cc2)c2cccc3c2oc2ccccc23)cc1. The van der Waals surface area contributed by atoms with Crippen LogP contribution >= 0.6 is 0 Å². The maximum Gasteiger partial charge on any atom is 0.159 e. The molecule has 11 aromatic rings. The first-order valence-electron chi connectivity index (χ1n) is 19.3. The van der Waals surface area contributed by atoms with Crippen LogP contribution in [0.15, 0.2) is 221 Å². The summed E-state index contributed by atoms with van der Waals surface area (Å²) in [6.07, 6.45) is 0. The molecular weight excluding hydrogens is 695 g/mol. The lowest BCUT2D eigenvalue weighted by atomic mass is 9.87. The van der Waals surface area contributed by atoms with E-state index in [0.717, 1.165) is 99.9 Å². The zero-order valence-electron chi connectivity index (χ0n) is 31.0. The van der Waals surface area contributed by atoms with Gasteiger partial charge in [-0.1, -0.05) is 170 Å². The second kappa shape index (κ2) is 13.6. The Kier molecular flexibility index (Phi) is 7.82. The number of furan rings is 2. The van der Waals surface area contributed by atoms with Crippen molar-refractivity contribution in [3.63, 3.8) is 0 Å². The molecule has 0 N–H and O–H groups in total. The Hall–Kier alpha value is -7.62. The number of hydrogen-bond acceptors (Lipinski definition) is 3. The molecule has 3 heteroatoms. The summed E-state index contributed by atoms with van der Waals surface area (Å²) in [5.74, 6) is 0. The van der Waals surface area contributed by atoms with Gasteiger partial charge in [-0.25, -0.2) is 0 Å². The van der Waals surface area contributed by atoms with E-state index in [2.05, 4.69) is 199 Å². The van der Waals surface area contributed by atoms with Gasteiger partial charge < -0.3 is 13.7 Å². The van der Waals surface area contributed by atoms with Gasteiger partial charge in [0, 0.05) is 32.8 Å². The molecule has 0 aliphatic carbocycles. The molecule has 0 spiro atoms. The highest BCUT2D eigenvalue weighted by molar-refractivity contribution is 6.13. The van der Waals surface area contributed by atoms with Gasteiger partial charge in [0.2, 0.25) is 0 Å². The quantitative estimate of drug-likeness (QED) is 0.164. The first-order chi connectivity index (χ1) is 28.3. The van der Waals surface area contributed by atoms with Gasteiger partial charge >= 0.3 is 0 Å². The molecule has 2 heterocycles. The summed E-state index contributed by atoms with van der Waals surface area (Å²) >= 11 is 0. The van der Waals surface area contributed by atoms with Crippen molar-refractivity contribution in [2.75, 3.05) is 4.90 Å². The van der Waals surface area contributed by atoms with Crippen LogP contribution < -0.4 is 4.90 Å². The number of rotatable bonds is 7. The van der Waals surface area contributed by atoms with Crippen LogP contribution in [0.3, 0.4) is 0 Å². The lowest BCUT2D eigenvalue weighted by Gasteiger charge is -2.30. The maximum atomic E-state index is 6.78. The van der Waals surface area contributed by atoms with Crippen LogP contribution in [-0.2, 0) is 0 Å². The number of fused-ring (bicyclic) bond motifs is 6. The number of nitrogens with zero attached hydrogens (tertiary/aromatic N) is 1. The second-order valence-electron chi connectivity index (χ2n) is 14.4. The Labute approximate surface area is 330 Å². The molecule has 0 aliphatic rings. The van der Waals surface area contributed by atoms with Crippen LogP contribution in [-0.4, -0.2) is 0 Å². The molecule has 0 amide bonds. The Balaban J connectivity index is 1.19. The third-order valence-corrected chi connectivity index (χ3v) is 11.1. The van der Waals surface area contributed by atoms with Crippen molar-refractivity contribution >= 4 is 60.9 Å². The Morgan fingerprint density at radius 1 is 0.298 bits per heavy atom. The fourth-order valence-electron chi connectivity index (χ4n) is 8.56. The summed E-state index contributed by atoms with van der Waals surface area (Å²) in [6.45, 7) is 0. The number of para-hydroxylation sites is 3. The van der Waals surface area contributed by atoms with Gasteiger partial charge in [0.05, 0.1) is 11.4 Å². The molecule has 0 saturated carbocycles. The van der Waals surface area contributed by atoms with Gasteiger partial charge in [0.15, 0.2) is 5.58 Å². The van der Waals surface area contributed by atoms with E-state index in [1.807, 2.05) is 18.2 Å². The lowest BCUT2D eigenvalue weighted by Crippen LogP contribution is -2.12. The largest absolute Gasteiger partial charge is 0.456 e. The van der Waals surface area contributed by atoms with E-state index in [-0.39, 0.29) is 0 Å². The summed E-state index contributed by atoms with van der Waals surface area (Å²) in [4.78, 5) is 2.38. The van der Waals surface area contributed by atoms with E-state index in [0.29, 0.717) is 0 Å². The highest BCUT2D eigenvalue weighted by atomic mass is 16.3. The number of anilines is 3. The molecule has 9 aromatic carbocycles. The molecule has 0 fully saturated rings. The minimum Gasteiger partial charge on any atom is -0.456 e. The van der Waals surface area contributed by atoms with Crippen LogP contribution in [0.1, 0.15) is 0 Å². The highest BCUT2D eigenvalue weighted by Crippen LogP contribution is 2.50. The summed E-state index contributed by atoms with van der Waals surface area (Å²) in [6, 6.07) is 75.1.